The van der Waals surface area contributed by atoms with Crippen LogP contribution in [0.15, 0.2) is 6.07 Å². The van der Waals surface area contributed by atoms with Crippen molar-refractivity contribution in [3.63, 3.8) is 0 Å². The molecular weight excluding hydrogens is 418 g/mol. The van der Waals surface area contributed by atoms with E-state index in [0.29, 0.717) is 29.2 Å². The molecule has 1 aliphatic rings. The fraction of sp³-hybridized carbons (Fsp3) is 0.696. The van der Waals surface area contributed by atoms with E-state index in [9.17, 15) is 15.0 Å². The van der Waals surface area contributed by atoms with E-state index in [4.69, 9.17) is 23.7 Å². The van der Waals surface area contributed by atoms with Crippen molar-refractivity contribution in [2.24, 2.45) is 0 Å². The van der Waals surface area contributed by atoms with E-state index in [1.165, 1.54) is 19.1 Å². The number of aliphatic hydroxyl groups excluding tert-OH is 2. The first-order valence-electron chi connectivity index (χ1n) is 10.7. The first-order valence-corrected chi connectivity index (χ1v) is 10.7. The number of carbonyl (C=O) groups is 1. The van der Waals surface area contributed by atoms with E-state index < -0.39 is 35.9 Å². The number of carbonyl (C=O) groups excluding carboxylic acids is 1. The minimum atomic E-state index is -1.17. The third-order valence-corrected chi connectivity index (χ3v) is 5.58. The van der Waals surface area contributed by atoms with Gasteiger partial charge in [0.2, 0.25) is 0 Å². The lowest BCUT2D eigenvalue weighted by Crippen LogP contribution is -2.46. The van der Waals surface area contributed by atoms with Crippen LogP contribution >= 0.6 is 0 Å². The Hall–Kier alpha value is -2.23. The molecule has 1 heterocycles. The van der Waals surface area contributed by atoms with E-state index in [1.807, 2.05) is 19.9 Å². The molecule has 32 heavy (non-hydrogen) atoms. The second-order valence-corrected chi connectivity index (χ2v) is 8.90. The maximum atomic E-state index is 13.0. The SMILES string of the molecule is CC[C@H](c1cc(OC)c(C)c(OC)c1OCOC)[C@H]1[C@H](O)[C@H](O)CN1C(=O)OC(C)(C)C. The number of benzene rings is 1. The average Bonchev–Trinajstić information content (AvgIpc) is 3.01. The Labute approximate surface area is 190 Å². The zero-order valence-corrected chi connectivity index (χ0v) is 20.3. The van der Waals surface area contributed by atoms with Crippen molar-refractivity contribution in [3.05, 3.63) is 17.2 Å². The summed E-state index contributed by atoms with van der Waals surface area (Å²) < 4.78 is 27.7. The van der Waals surface area contributed by atoms with Crippen LogP contribution in [0.1, 0.15) is 51.2 Å². The summed E-state index contributed by atoms with van der Waals surface area (Å²) in [5.74, 6) is 1.09. The number of aliphatic hydroxyl groups is 2. The number of nitrogens with zero attached hydrogens (tertiary/aromatic N) is 1. The highest BCUT2D eigenvalue weighted by molar-refractivity contribution is 5.70. The molecule has 0 saturated carbocycles. The van der Waals surface area contributed by atoms with Crippen molar-refractivity contribution in [3.8, 4) is 17.2 Å². The van der Waals surface area contributed by atoms with Gasteiger partial charge in [-0.1, -0.05) is 6.92 Å². The van der Waals surface area contributed by atoms with Crippen LogP contribution in [0.3, 0.4) is 0 Å². The number of likely N-dealkylation sites (tertiary alicyclic amines) is 1. The van der Waals surface area contributed by atoms with Gasteiger partial charge in [0.25, 0.3) is 0 Å². The van der Waals surface area contributed by atoms with Crippen molar-refractivity contribution < 1.29 is 38.7 Å². The monoisotopic (exact) mass is 455 g/mol. The fourth-order valence-corrected chi connectivity index (χ4v) is 4.19. The van der Waals surface area contributed by atoms with Crippen LogP contribution in [0.5, 0.6) is 17.2 Å². The second-order valence-electron chi connectivity index (χ2n) is 8.90. The Morgan fingerprint density at radius 1 is 1.19 bits per heavy atom. The van der Waals surface area contributed by atoms with E-state index >= 15 is 0 Å². The molecule has 1 fully saturated rings. The van der Waals surface area contributed by atoms with Gasteiger partial charge in [-0.05, 0) is 40.2 Å². The fourth-order valence-electron chi connectivity index (χ4n) is 4.19. The highest BCUT2D eigenvalue weighted by Crippen LogP contribution is 2.47. The van der Waals surface area contributed by atoms with Crippen molar-refractivity contribution in [2.45, 2.75) is 70.8 Å². The van der Waals surface area contributed by atoms with Gasteiger partial charge in [-0.25, -0.2) is 4.79 Å². The summed E-state index contributed by atoms with van der Waals surface area (Å²) in [5.41, 5.74) is 0.705. The normalized spacial score (nSPS) is 21.9. The molecule has 0 aromatic heterocycles. The molecule has 0 bridgehead atoms. The molecule has 4 atom stereocenters. The van der Waals surface area contributed by atoms with Crippen LogP contribution in [0, 0.1) is 6.92 Å². The summed E-state index contributed by atoms with van der Waals surface area (Å²) in [6.45, 7) is 9.05. The Morgan fingerprint density at radius 2 is 1.84 bits per heavy atom. The minimum Gasteiger partial charge on any atom is -0.496 e. The number of ether oxygens (including phenoxy) is 5. The Kier molecular flexibility index (Phi) is 8.61. The molecule has 1 saturated heterocycles. The quantitative estimate of drug-likeness (QED) is 0.577. The molecule has 182 valence electrons. The predicted molar refractivity (Wildman–Crippen MR) is 119 cm³/mol. The van der Waals surface area contributed by atoms with E-state index in [1.54, 1.807) is 27.9 Å². The van der Waals surface area contributed by atoms with Gasteiger partial charge in [-0.3, -0.25) is 4.90 Å². The molecule has 1 aromatic carbocycles. The van der Waals surface area contributed by atoms with Crippen LogP contribution in [-0.4, -0.2) is 79.7 Å². The topological polar surface area (TPSA) is 107 Å². The molecular formula is C23H37NO8. The van der Waals surface area contributed by atoms with Gasteiger partial charge < -0.3 is 33.9 Å². The van der Waals surface area contributed by atoms with Crippen LogP contribution in [0.25, 0.3) is 0 Å². The smallest absolute Gasteiger partial charge is 0.410 e. The summed E-state index contributed by atoms with van der Waals surface area (Å²) in [5, 5.41) is 21.3. The highest BCUT2D eigenvalue weighted by Gasteiger charge is 2.48. The minimum absolute atomic E-state index is 0.0167. The number of rotatable bonds is 8. The Morgan fingerprint density at radius 3 is 2.34 bits per heavy atom. The van der Waals surface area contributed by atoms with Gasteiger partial charge in [0, 0.05) is 24.2 Å². The van der Waals surface area contributed by atoms with Crippen molar-refractivity contribution in [2.75, 3.05) is 34.7 Å². The molecule has 1 aromatic rings. The molecule has 2 N–H and O–H groups in total. The lowest BCUT2D eigenvalue weighted by atomic mass is 9.84. The van der Waals surface area contributed by atoms with E-state index in [2.05, 4.69) is 0 Å². The molecule has 1 aliphatic heterocycles. The van der Waals surface area contributed by atoms with Gasteiger partial charge in [0.15, 0.2) is 18.3 Å². The largest absolute Gasteiger partial charge is 0.496 e. The van der Waals surface area contributed by atoms with E-state index in [-0.39, 0.29) is 13.3 Å². The first kappa shape index (κ1) is 26.0. The average molecular weight is 456 g/mol. The van der Waals surface area contributed by atoms with Crippen molar-refractivity contribution in [1.82, 2.24) is 4.90 Å². The van der Waals surface area contributed by atoms with Gasteiger partial charge in [-0.15, -0.1) is 0 Å². The molecule has 1 amide bonds. The van der Waals surface area contributed by atoms with Gasteiger partial charge in [-0.2, -0.15) is 0 Å². The van der Waals surface area contributed by atoms with Crippen LogP contribution in [0.4, 0.5) is 4.79 Å². The first-order chi connectivity index (χ1) is 15.0. The lowest BCUT2D eigenvalue weighted by molar-refractivity contribution is 0.00736. The number of methoxy groups -OCH3 is 3. The maximum absolute atomic E-state index is 13.0. The predicted octanol–water partition coefficient (Wildman–Crippen LogP) is 2.83. The summed E-state index contributed by atoms with van der Waals surface area (Å²) in [7, 11) is 4.61. The van der Waals surface area contributed by atoms with Crippen LogP contribution in [0.2, 0.25) is 0 Å². The second kappa shape index (κ2) is 10.6. The van der Waals surface area contributed by atoms with Gasteiger partial charge >= 0.3 is 6.09 Å². The Bertz CT molecular complexity index is 791. The van der Waals surface area contributed by atoms with Crippen molar-refractivity contribution >= 4 is 6.09 Å². The zero-order valence-electron chi connectivity index (χ0n) is 20.3. The number of amides is 1. The molecule has 2 rings (SSSR count). The molecule has 0 unspecified atom stereocenters. The summed E-state index contributed by atoms with van der Waals surface area (Å²) in [4.78, 5) is 14.3. The van der Waals surface area contributed by atoms with Gasteiger partial charge in [0.1, 0.15) is 17.5 Å². The lowest BCUT2D eigenvalue weighted by Gasteiger charge is -2.35. The Balaban J connectivity index is 2.62. The summed E-state index contributed by atoms with van der Waals surface area (Å²) in [6, 6.07) is 1.08. The molecule has 9 heteroatoms. The maximum Gasteiger partial charge on any atom is 0.410 e. The number of β-amino-alcohol motifs (C(OH)–C–C–N with tert-alkyl or cyclic N) is 1. The third-order valence-electron chi connectivity index (χ3n) is 5.58. The highest BCUT2D eigenvalue weighted by atomic mass is 16.7. The summed E-state index contributed by atoms with van der Waals surface area (Å²) >= 11 is 0. The van der Waals surface area contributed by atoms with Crippen LogP contribution in [-0.2, 0) is 9.47 Å². The molecule has 9 nitrogen and oxygen atoms in total. The third kappa shape index (κ3) is 5.39. The molecule has 0 spiro atoms. The van der Waals surface area contributed by atoms with Gasteiger partial charge in [0.05, 0.1) is 32.9 Å². The standard InChI is InChI=1S/C23H37NO8/c1-9-14(18-19(26)16(25)11-24(18)22(27)32-23(3,4)5)15-10-17(29-7)13(2)20(30-8)21(15)31-12-28-6/h10,14,16,18-19,25-26H,9,11-12H2,1-8H3/t14-,16-,18+,19-/m1/s1. The number of hydrogen-bond donors (Lipinski definition) is 2. The van der Waals surface area contributed by atoms with E-state index in [0.717, 1.165) is 5.56 Å². The molecule has 0 aliphatic carbocycles. The summed E-state index contributed by atoms with van der Waals surface area (Å²) in [6.07, 6.45) is -2.32. The zero-order chi connectivity index (χ0) is 24.2. The van der Waals surface area contributed by atoms with Crippen LogP contribution < -0.4 is 14.2 Å². The van der Waals surface area contributed by atoms with Crippen molar-refractivity contribution in [1.29, 1.82) is 0 Å². The number of hydrogen-bond acceptors (Lipinski definition) is 8. The molecule has 0 radical (unpaired) electrons.